The molecule has 3 heterocycles. The highest BCUT2D eigenvalue weighted by molar-refractivity contribution is 5.87. The maximum Gasteiger partial charge on any atom is 0.354 e. The van der Waals surface area contributed by atoms with Crippen molar-refractivity contribution >= 4 is 17.4 Å². The molecule has 7 heteroatoms. The Kier molecular flexibility index (Phi) is 2.79. The van der Waals surface area contributed by atoms with E-state index in [0.717, 1.165) is 44.5 Å². The Morgan fingerprint density at radius 2 is 2.09 bits per heavy atom. The van der Waals surface area contributed by atoms with E-state index in [9.17, 15) is 15.2 Å². The van der Waals surface area contributed by atoms with Gasteiger partial charge in [0, 0.05) is 24.7 Å². The quantitative estimate of drug-likeness (QED) is 0.928. The van der Waals surface area contributed by atoms with Crippen LogP contribution in [0.2, 0.25) is 0 Å². The van der Waals surface area contributed by atoms with E-state index in [2.05, 4.69) is 16.2 Å². The SMILES string of the molecule is N#Cc1c(N2CCCC2)nn2c(C(=O)O)cc(C3CC3)nc12. The molecule has 0 bridgehead atoms. The van der Waals surface area contributed by atoms with Crippen molar-refractivity contribution in [3.05, 3.63) is 23.0 Å². The van der Waals surface area contributed by atoms with Gasteiger partial charge >= 0.3 is 5.97 Å². The van der Waals surface area contributed by atoms with E-state index >= 15 is 0 Å². The number of anilines is 1. The summed E-state index contributed by atoms with van der Waals surface area (Å²) in [5.41, 5.74) is 1.58. The largest absolute Gasteiger partial charge is 0.477 e. The van der Waals surface area contributed by atoms with Gasteiger partial charge in [-0.3, -0.25) is 0 Å². The summed E-state index contributed by atoms with van der Waals surface area (Å²) in [6.07, 6.45) is 4.17. The molecule has 2 fully saturated rings. The summed E-state index contributed by atoms with van der Waals surface area (Å²) in [6, 6.07) is 3.76. The maximum atomic E-state index is 11.6. The Balaban J connectivity index is 1.97. The number of fused-ring (bicyclic) bond motifs is 1. The number of nitrogens with zero attached hydrogens (tertiary/aromatic N) is 5. The number of rotatable bonds is 3. The summed E-state index contributed by atoms with van der Waals surface area (Å²) in [4.78, 5) is 18.1. The number of aromatic nitrogens is 3. The molecule has 1 N–H and O–H groups in total. The minimum absolute atomic E-state index is 0.0776. The van der Waals surface area contributed by atoms with Crippen LogP contribution >= 0.6 is 0 Å². The normalized spacial score (nSPS) is 17.9. The molecule has 2 aromatic rings. The average Bonchev–Trinajstić information content (AvgIpc) is 3.09. The van der Waals surface area contributed by atoms with E-state index in [4.69, 9.17) is 0 Å². The molecule has 1 saturated carbocycles. The fraction of sp³-hybridized carbons (Fsp3) is 0.467. The second-order valence-corrected chi connectivity index (χ2v) is 5.89. The Morgan fingerprint density at radius 3 is 2.68 bits per heavy atom. The van der Waals surface area contributed by atoms with Crippen LogP contribution in [0.3, 0.4) is 0 Å². The van der Waals surface area contributed by atoms with Crippen LogP contribution < -0.4 is 4.90 Å². The summed E-state index contributed by atoms with van der Waals surface area (Å²) in [5.74, 6) is -0.169. The maximum absolute atomic E-state index is 11.6. The van der Waals surface area contributed by atoms with Crippen molar-refractivity contribution in [2.24, 2.45) is 0 Å². The van der Waals surface area contributed by atoms with Crippen LogP contribution in [0.4, 0.5) is 5.82 Å². The van der Waals surface area contributed by atoms with Gasteiger partial charge in [-0.05, 0) is 31.7 Å². The number of hydrogen-bond acceptors (Lipinski definition) is 5. The van der Waals surface area contributed by atoms with Crippen molar-refractivity contribution in [1.29, 1.82) is 5.26 Å². The molecule has 1 aliphatic carbocycles. The van der Waals surface area contributed by atoms with Crippen LogP contribution in [-0.4, -0.2) is 38.8 Å². The molecule has 0 atom stereocenters. The minimum atomic E-state index is -1.05. The molecule has 0 spiro atoms. The smallest absolute Gasteiger partial charge is 0.354 e. The fourth-order valence-corrected chi connectivity index (χ4v) is 3.02. The van der Waals surface area contributed by atoms with Gasteiger partial charge in [0.2, 0.25) is 0 Å². The molecule has 0 aromatic carbocycles. The number of hydrogen-bond donors (Lipinski definition) is 1. The molecular weight excluding hydrogens is 282 g/mol. The monoisotopic (exact) mass is 297 g/mol. The zero-order valence-electron chi connectivity index (χ0n) is 12.0. The van der Waals surface area contributed by atoms with Gasteiger partial charge in [-0.1, -0.05) is 0 Å². The molecule has 1 aliphatic heterocycles. The number of carboxylic acid groups (broad SMARTS) is 1. The van der Waals surface area contributed by atoms with Gasteiger partial charge in [0.25, 0.3) is 0 Å². The third-order valence-corrected chi connectivity index (χ3v) is 4.32. The lowest BCUT2D eigenvalue weighted by atomic mass is 10.2. The third-order valence-electron chi connectivity index (χ3n) is 4.32. The van der Waals surface area contributed by atoms with Crippen molar-refractivity contribution < 1.29 is 9.90 Å². The van der Waals surface area contributed by atoms with E-state index in [0.29, 0.717) is 22.9 Å². The minimum Gasteiger partial charge on any atom is -0.477 e. The second kappa shape index (κ2) is 4.70. The number of carboxylic acids is 1. The first-order valence-corrected chi connectivity index (χ1v) is 7.51. The number of nitriles is 1. The first-order chi connectivity index (χ1) is 10.7. The molecule has 7 nitrogen and oxygen atoms in total. The lowest BCUT2D eigenvalue weighted by Crippen LogP contribution is -2.19. The summed E-state index contributed by atoms with van der Waals surface area (Å²) in [5, 5.41) is 23.4. The lowest BCUT2D eigenvalue weighted by molar-refractivity contribution is 0.0687. The highest BCUT2D eigenvalue weighted by Crippen LogP contribution is 2.40. The van der Waals surface area contributed by atoms with Crippen molar-refractivity contribution in [3.8, 4) is 6.07 Å². The van der Waals surface area contributed by atoms with Crippen LogP contribution in [0.25, 0.3) is 5.65 Å². The number of carbonyl (C=O) groups is 1. The topological polar surface area (TPSA) is 94.5 Å². The van der Waals surface area contributed by atoms with Crippen molar-refractivity contribution in [2.75, 3.05) is 18.0 Å². The lowest BCUT2D eigenvalue weighted by Gasteiger charge is -2.13. The van der Waals surface area contributed by atoms with E-state index in [-0.39, 0.29) is 5.69 Å². The molecule has 0 unspecified atom stereocenters. The Hall–Kier alpha value is -2.62. The molecule has 1 saturated heterocycles. The standard InChI is InChI=1S/C15H15N5O2/c16-8-10-13-17-11(9-3-4-9)7-12(15(21)22)20(13)18-14(10)19-5-1-2-6-19/h7,9H,1-6H2,(H,21,22). The predicted molar refractivity (Wildman–Crippen MR) is 78.1 cm³/mol. The van der Waals surface area contributed by atoms with E-state index in [1.165, 1.54) is 4.52 Å². The van der Waals surface area contributed by atoms with E-state index in [1.807, 2.05) is 4.90 Å². The zero-order chi connectivity index (χ0) is 15.3. The van der Waals surface area contributed by atoms with Crippen LogP contribution in [0.1, 0.15) is 53.3 Å². The van der Waals surface area contributed by atoms with Crippen LogP contribution in [0, 0.1) is 11.3 Å². The van der Waals surface area contributed by atoms with Gasteiger partial charge in [-0.25, -0.2) is 14.3 Å². The summed E-state index contributed by atoms with van der Waals surface area (Å²) < 4.78 is 1.31. The molecule has 2 aromatic heterocycles. The third kappa shape index (κ3) is 1.91. The van der Waals surface area contributed by atoms with Crippen LogP contribution in [-0.2, 0) is 0 Å². The van der Waals surface area contributed by atoms with E-state index < -0.39 is 5.97 Å². The van der Waals surface area contributed by atoms with Gasteiger partial charge in [0.1, 0.15) is 11.6 Å². The van der Waals surface area contributed by atoms with Crippen molar-refractivity contribution in [1.82, 2.24) is 14.6 Å². The Bertz CT molecular complexity index is 809. The van der Waals surface area contributed by atoms with Crippen molar-refractivity contribution in [3.63, 3.8) is 0 Å². The molecule has 0 radical (unpaired) electrons. The summed E-state index contributed by atoms with van der Waals surface area (Å²) in [6.45, 7) is 1.69. The Labute approximate surface area is 126 Å². The number of aromatic carboxylic acids is 1. The highest BCUT2D eigenvalue weighted by atomic mass is 16.4. The van der Waals surface area contributed by atoms with Crippen molar-refractivity contribution in [2.45, 2.75) is 31.6 Å². The highest BCUT2D eigenvalue weighted by Gasteiger charge is 2.30. The zero-order valence-corrected chi connectivity index (χ0v) is 12.0. The van der Waals surface area contributed by atoms with Crippen LogP contribution in [0.15, 0.2) is 6.07 Å². The van der Waals surface area contributed by atoms with E-state index in [1.54, 1.807) is 6.07 Å². The molecule has 22 heavy (non-hydrogen) atoms. The predicted octanol–water partition coefficient (Wildman–Crippen LogP) is 1.78. The molecule has 0 amide bonds. The molecular formula is C15H15N5O2. The summed E-state index contributed by atoms with van der Waals surface area (Å²) in [7, 11) is 0. The molecule has 112 valence electrons. The van der Waals surface area contributed by atoms with Gasteiger partial charge in [-0.2, -0.15) is 5.26 Å². The second-order valence-electron chi connectivity index (χ2n) is 5.89. The van der Waals surface area contributed by atoms with Gasteiger partial charge in [0.05, 0.1) is 0 Å². The first kappa shape index (κ1) is 13.1. The van der Waals surface area contributed by atoms with Gasteiger partial charge in [0.15, 0.2) is 17.2 Å². The van der Waals surface area contributed by atoms with Crippen LogP contribution in [0.5, 0.6) is 0 Å². The fourth-order valence-electron chi connectivity index (χ4n) is 3.02. The average molecular weight is 297 g/mol. The van der Waals surface area contributed by atoms with Gasteiger partial charge < -0.3 is 10.0 Å². The van der Waals surface area contributed by atoms with Gasteiger partial charge in [-0.15, -0.1) is 5.10 Å². The first-order valence-electron chi connectivity index (χ1n) is 7.51. The molecule has 2 aliphatic rings. The Morgan fingerprint density at radius 1 is 1.36 bits per heavy atom. The summed E-state index contributed by atoms with van der Waals surface area (Å²) >= 11 is 0. The molecule has 4 rings (SSSR count).